The van der Waals surface area contributed by atoms with Crippen molar-refractivity contribution in [1.82, 2.24) is 0 Å². The summed E-state index contributed by atoms with van der Waals surface area (Å²) in [6.45, 7) is 8.66. The highest BCUT2D eigenvalue weighted by Crippen LogP contribution is 2.36. The lowest BCUT2D eigenvalue weighted by Crippen LogP contribution is -2.41. The Kier molecular flexibility index (Phi) is 5.22. The van der Waals surface area contributed by atoms with Crippen LogP contribution < -0.4 is 10.2 Å². The van der Waals surface area contributed by atoms with Crippen LogP contribution in [0, 0.1) is 0 Å². The van der Waals surface area contributed by atoms with Gasteiger partial charge in [0.25, 0.3) is 0 Å². The fraction of sp³-hybridized carbons (Fsp3) is 0.368. The van der Waals surface area contributed by atoms with Crippen LogP contribution in [0.3, 0.4) is 0 Å². The van der Waals surface area contributed by atoms with Crippen LogP contribution in [0.4, 0.5) is 0 Å². The Morgan fingerprint density at radius 2 is 1.72 bits per heavy atom. The Hall–Kier alpha value is -1.01. The largest absolute Gasteiger partial charge is 0.494 e. The average Bonchev–Trinajstić information content (AvgIpc) is 2.77. The maximum absolute atomic E-state index is 6.11. The standard InChI is InChI=1S/C19H21BBrClO3/c1-18(2)19(3,4)25-20(24-18)14-7-5-6-13(10-14)12-23-15-8-9-16(21)17(22)11-15/h5-11H,12H2,1-4H3. The second-order valence-corrected chi connectivity index (χ2v) is 8.46. The first kappa shape index (κ1) is 18.8. The van der Waals surface area contributed by atoms with Gasteiger partial charge >= 0.3 is 7.12 Å². The number of hydrogen-bond donors (Lipinski definition) is 0. The first-order valence-electron chi connectivity index (χ1n) is 8.20. The van der Waals surface area contributed by atoms with Gasteiger partial charge in [-0.3, -0.25) is 0 Å². The smallest absolute Gasteiger partial charge is 0.489 e. The van der Waals surface area contributed by atoms with Gasteiger partial charge in [0.1, 0.15) is 12.4 Å². The molecule has 1 aliphatic heterocycles. The molecule has 1 saturated heterocycles. The minimum absolute atomic E-state index is 0.349. The second-order valence-electron chi connectivity index (χ2n) is 7.20. The van der Waals surface area contributed by atoms with Crippen molar-refractivity contribution in [3.05, 3.63) is 57.5 Å². The summed E-state index contributed by atoms with van der Waals surface area (Å²) in [7, 11) is -0.368. The van der Waals surface area contributed by atoms with Crippen molar-refractivity contribution in [3.63, 3.8) is 0 Å². The first-order valence-corrected chi connectivity index (χ1v) is 9.37. The number of hydrogen-bond acceptors (Lipinski definition) is 3. The van der Waals surface area contributed by atoms with E-state index in [4.69, 9.17) is 25.6 Å². The second kappa shape index (κ2) is 6.95. The number of halogens is 2. The Morgan fingerprint density at radius 1 is 1.04 bits per heavy atom. The molecule has 1 heterocycles. The van der Waals surface area contributed by atoms with Crippen molar-refractivity contribution in [2.24, 2.45) is 0 Å². The van der Waals surface area contributed by atoms with Gasteiger partial charge in [0.05, 0.1) is 16.2 Å². The molecule has 25 heavy (non-hydrogen) atoms. The minimum Gasteiger partial charge on any atom is -0.489 e. The molecule has 0 radical (unpaired) electrons. The van der Waals surface area contributed by atoms with E-state index in [0.717, 1.165) is 21.2 Å². The zero-order valence-corrected chi connectivity index (χ0v) is 17.1. The molecular weight excluding hydrogens is 402 g/mol. The lowest BCUT2D eigenvalue weighted by molar-refractivity contribution is 0.00578. The molecular formula is C19H21BBrClO3. The summed E-state index contributed by atoms with van der Waals surface area (Å²) in [5.41, 5.74) is 1.34. The molecule has 2 aromatic carbocycles. The van der Waals surface area contributed by atoms with Crippen LogP contribution in [0.5, 0.6) is 5.75 Å². The molecule has 1 aliphatic rings. The molecule has 0 unspecified atom stereocenters. The van der Waals surface area contributed by atoms with E-state index in [9.17, 15) is 0 Å². The van der Waals surface area contributed by atoms with E-state index in [2.05, 4.69) is 49.7 Å². The lowest BCUT2D eigenvalue weighted by atomic mass is 9.78. The maximum atomic E-state index is 6.11. The monoisotopic (exact) mass is 422 g/mol. The molecule has 1 fully saturated rings. The highest BCUT2D eigenvalue weighted by molar-refractivity contribution is 9.10. The van der Waals surface area contributed by atoms with Gasteiger partial charge in [-0.05, 0) is 72.9 Å². The van der Waals surface area contributed by atoms with E-state index in [1.165, 1.54) is 0 Å². The van der Waals surface area contributed by atoms with Crippen LogP contribution in [0.25, 0.3) is 0 Å². The molecule has 3 nitrogen and oxygen atoms in total. The molecule has 2 aromatic rings. The quantitative estimate of drug-likeness (QED) is 0.649. The van der Waals surface area contributed by atoms with Gasteiger partial charge in [0.15, 0.2) is 0 Å². The molecule has 6 heteroatoms. The first-order chi connectivity index (χ1) is 11.7. The number of ether oxygens (including phenoxy) is 1. The van der Waals surface area contributed by atoms with Crippen LogP contribution in [0.1, 0.15) is 33.3 Å². The summed E-state index contributed by atoms with van der Waals surface area (Å²) < 4.78 is 18.9. The normalized spacial score (nSPS) is 18.4. The predicted octanol–water partition coefficient (Wildman–Crippen LogP) is 4.98. The van der Waals surface area contributed by atoms with Crippen LogP contribution in [-0.4, -0.2) is 18.3 Å². The van der Waals surface area contributed by atoms with Gasteiger partial charge in [-0.1, -0.05) is 35.9 Å². The van der Waals surface area contributed by atoms with Crippen LogP contribution >= 0.6 is 27.5 Å². The molecule has 0 amide bonds. The van der Waals surface area contributed by atoms with Crippen molar-refractivity contribution < 1.29 is 14.0 Å². The van der Waals surface area contributed by atoms with Gasteiger partial charge in [0, 0.05) is 4.47 Å². The summed E-state index contributed by atoms with van der Waals surface area (Å²) in [6.07, 6.45) is 0. The Labute approximate surface area is 162 Å². The lowest BCUT2D eigenvalue weighted by Gasteiger charge is -2.32. The van der Waals surface area contributed by atoms with Gasteiger partial charge in [0.2, 0.25) is 0 Å². The topological polar surface area (TPSA) is 27.7 Å². The molecule has 0 spiro atoms. The van der Waals surface area contributed by atoms with E-state index >= 15 is 0 Å². The molecule has 0 aliphatic carbocycles. The molecule has 0 aromatic heterocycles. The van der Waals surface area contributed by atoms with Gasteiger partial charge in [-0.2, -0.15) is 0 Å². The third kappa shape index (κ3) is 4.06. The third-order valence-corrected chi connectivity index (χ3v) is 6.01. The molecule has 3 rings (SSSR count). The van der Waals surface area contributed by atoms with Crippen molar-refractivity contribution in [3.8, 4) is 5.75 Å². The minimum atomic E-state index is -0.368. The Bertz CT molecular complexity index is 763. The van der Waals surface area contributed by atoms with E-state index in [0.29, 0.717) is 11.6 Å². The zero-order chi connectivity index (χ0) is 18.2. The number of benzene rings is 2. The SMILES string of the molecule is CC1(C)OB(c2cccc(COc3ccc(Br)c(Cl)c3)c2)OC1(C)C. The van der Waals surface area contributed by atoms with Crippen LogP contribution in [0.15, 0.2) is 46.9 Å². The molecule has 0 atom stereocenters. The van der Waals surface area contributed by atoms with E-state index in [1.54, 1.807) is 6.07 Å². The van der Waals surface area contributed by atoms with E-state index < -0.39 is 0 Å². The van der Waals surface area contributed by atoms with Crippen molar-refractivity contribution >= 4 is 40.1 Å². The van der Waals surface area contributed by atoms with Crippen molar-refractivity contribution in [2.45, 2.75) is 45.5 Å². The summed E-state index contributed by atoms with van der Waals surface area (Å²) in [5.74, 6) is 0.731. The predicted molar refractivity (Wildman–Crippen MR) is 106 cm³/mol. The maximum Gasteiger partial charge on any atom is 0.494 e. The molecule has 0 N–H and O–H groups in total. The molecule has 0 bridgehead atoms. The molecule has 132 valence electrons. The number of rotatable bonds is 4. The van der Waals surface area contributed by atoms with Crippen molar-refractivity contribution in [1.29, 1.82) is 0 Å². The van der Waals surface area contributed by atoms with Crippen LogP contribution in [0.2, 0.25) is 5.02 Å². The fourth-order valence-electron chi connectivity index (χ4n) is 2.54. The zero-order valence-electron chi connectivity index (χ0n) is 14.8. The third-order valence-electron chi connectivity index (χ3n) is 4.77. The Morgan fingerprint density at radius 3 is 2.36 bits per heavy atom. The summed E-state index contributed by atoms with van der Waals surface area (Å²) >= 11 is 9.48. The summed E-state index contributed by atoms with van der Waals surface area (Å²) in [5, 5.41) is 0.628. The highest BCUT2D eigenvalue weighted by Gasteiger charge is 2.51. The van der Waals surface area contributed by atoms with Gasteiger partial charge in [-0.25, -0.2) is 0 Å². The van der Waals surface area contributed by atoms with Gasteiger partial charge < -0.3 is 14.0 Å². The average molecular weight is 424 g/mol. The fourth-order valence-corrected chi connectivity index (χ4v) is 2.96. The molecule has 0 saturated carbocycles. The van der Waals surface area contributed by atoms with Crippen LogP contribution in [-0.2, 0) is 15.9 Å². The Balaban J connectivity index is 1.71. The highest BCUT2D eigenvalue weighted by atomic mass is 79.9. The van der Waals surface area contributed by atoms with E-state index in [-0.39, 0.29) is 18.3 Å². The van der Waals surface area contributed by atoms with Gasteiger partial charge in [-0.15, -0.1) is 0 Å². The summed E-state index contributed by atoms with van der Waals surface area (Å²) in [6, 6.07) is 13.6. The van der Waals surface area contributed by atoms with Crippen molar-refractivity contribution in [2.75, 3.05) is 0 Å². The van der Waals surface area contributed by atoms with E-state index in [1.807, 2.05) is 30.3 Å². The summed E-state index contributed by atoms with van der Waals surface area (Å²) in [4.78, 5) is 0.